The van der Waals surface area contributed by atoms with E-state index >= 15 is 0 Å². The summed E-state index contributed by atoms with van der Waals surface area (Å²) in [5, 5.41) is 3.26. The molecule has 0 fully saturated rings. The minimum atomic E-state index is 0.368. The van der Waals surface area contributed by atoms with Gasteiger partial charge in [-0.2, -0.15) is 0 Å². The van der Waals surface area contributed by atoms with Gasteiger partial charge in [-0.1, -0.05) is 42.0 Å². The van der Waals surface area contributed by atoms with Gasteiger partial charge in [0.05, 0.1) is 0 Å². The summed E-state index contributed by atoms with van der Waals surface area (Å²) in [7, 11) is 0. The number of anilines is 1. The van der Waals surface area contributed by atoms with Crippen molar-refractivity contribution in [3.05, 3.63) is 59.3 Å². The summed E-state index contributed by atoms with van der Waals surface area (Å²) in [5.74, 6) is 0.816. The van der Waals surface area contributed by atoms with Crippen LogP contribution in [0.1, 0.15) is 16.7 Å². The van der Waals surface area contributed by atoms with Crippen LogP contribution in [0, 0.1) is 6.92 Å². The molecule has 0 saturated carbocycles. The molecule has 0 aliphatic carbocycles. The van der Waals surface area contributed by atoms with Crippen LogP contribution in [0.4, 0.5) is 5.82 Å². The van der Waals surface area contributed by atoms with Crippen LogP contribution in [0.3, 0.4) is 0 Å². The molecule has 92 valence electrons. The Morgan fingerprint density at radius 2 is 2.17 bits per heavy atom. The minimum Gasteiger partial charge on any atom is -0.389 e. The van der Waals surface area contributed by atoms with Gasteiger partial charge in [0.1, 0.15) is 10.8 Å². The third-order valence-corrected chi connectivity index (χ3v) is 2.84. The summed E-state index contributed by atoms with van der Waals surface area (Å²) in [5.41, 5.74) is 8.79. The third kappa shape index (κ3) is 3.28. The quantitative estimate of drug-likeness (QED) is 0.827. The van der Waals surface area contributed by atoms with Crippen molar-refractivity contribution in [3.8, 4) is 0 Å². The SMILES string of the molecule is Cc1cccc(CNc2ccc(C(N)=S)cn2)c1. The molecule has 0 unspecified atom stereocenters. The fourth-order valence-corrected chi connectivity index (χ4v) is 1.78. The van der Waals surface area contributed by atoms with Gasteiger partial charge < -0.3 is 11.1 Å². The Morgan fingerprint density at radius 3 is 2.78 bits per heavy atom. The van der Waals surface area contributed by atoms with Crippen LogP contribution in [0.2, 0.25) is 0 Å². The van der Waals surface area contributed by atoms with Gasteiger partial charge in [0.2, 0.25) is 0 Å². The van der Waals surface area contributed by atoms with Crippen molar-refractivity contribution < 1.29 is 0 Å². The van der Waals surface area contributed by atoms with Crippen LogP contribution in [0.5, 0.6) is 0 Å². The second-order valence-electron chi connectivity index (χ2n) is 4.14. The number of hydrogen-bond donors (Lipinski definition) is 2. The molecule has 1 heterocycles. The Morgan fingerprint density at radius 1 is 1.33 bits per heavy atom. The van der Waals surface area contributed by atoms with E-state index in [0.29, 0.717) is 4.99 Å². The summed E-state index contributed by atoms with van der Waals surface area (Å²) in [6.45, 7) is 2.83. The molecule has 0 aliphatic rings. The molecule has 1 aromatic carbocycles. The van der Waals surface area contributed by atoms with Gasteiger partial charge in [0, 0.05) is 18.3 Å². The normalized spacial score (nSPS) is 10.1. The molecule has 0 radical (unpaired) electrons. The number of hydrogen-bond acceptors (Lipinski definition) is 3. The van der Waals surface area contributed by atoms with E-state index in [4.69, 9.17) is 18.0 Å². The summed E-state index contributed by atoms with van der Waals surface area (Å²) in [6.07, 6.45) is 1.68. The molecule has 0 spiro atoms. The average Bonchev–Trinajstić information content (AvgIpc) is 2.37. The average molecular weight is 257 g/mol. The van der Waals surface area contributed by atoms with Crippen molar-refractivity contribution in [3.63, 3.8) is 0 Å². The second-order valence-corrected chi connectivity index (χ2v) is 4.58. The number of thiocarbonyl (C=S) groups is 1. The van der Waals surface area contributed by atoms with Crippen molar-refractivity contribution in [2.45, 2.75) is 13.5 Å². The predicted molar refractivity (Wildman–Crippen MR) is 78.6 cm³/mol. The molecule has 0 atom stereocenters. The van der Waals surface area contributed by atoms with Crippen LogP contribution in [0.25, 0.3) is 0 Å². The predicted octanol–water partition coefficient (Wildman–Crippen LogP) is 2.64. The van der Waals surface area contributed by atoms with E-state index in [1.807, 2.05) is 12.1 Å². The van der Waals surface area contributed by atoms with Crippen LogP contribution < -0.4 is 11.1 Å². The standard InChI is InChI=1S/C14H15N3S/c1-10-3-2-4-11(7-10)8-16-13-6-5-12(9-17-13)14(15)18/h2-7,9H,8H2,1H3,(H2,15,18)(H,16,17). The first kappa shape index (κ1) is 12.5. The number of nitrogens with two attached hydrogens (primary N) is 1. The fourth-order valence-electron chi connectivity index (χ4n) is 1.66. The summed E-state index contributed by atoms with van der Waals surface area (Å²) >= 11 is 4.88. The maximum absolute atomic E-state index is 5.52. The zero-order chi connectivity index (χ0) is 13.0. The third-order valence-electron chi connectivity index (χ3n) is 2.60. The maximum atomic E-state index is 5.52. The van der Waals surface area contributed by atoms with E-state index in [-0.39, 0.29) is 0 Å². The molecular weight excluding hydrogens is 242 g/mol. The molecule has 0 amide bonds. The first-order chi connectivity index (χ1) is 8.65. The molecule has 3 nitrogen and oxygen atoms in total. The van der Waals surface area contributed by atoms with Crippen LogP contribution in [-0.2, 0) is 6.54 Å². The van der Waals surface area contributed by atoms with Crippen molar-refractivity contribution in [2.24, 2.45) is 5.73 Å². The van der Waals surface area contributed by atoms with Gasteiger partial charge in [-0.3, -0.25) is 0 Å². The first-order valence-electron chi connectivity index (χ1n) is 5.70. The fraction of sp³-hybridized carbons (Fsp3) is 0.143. The lowest BCUT2D eigenvalue weighted by molar-refractivity contribution is 1.10. The van der Waals surface area contributed by atoms with Crippen molar-refractivity contribution in [2.75, 3.05) is 5.32 Å². The Kier molecular flexibility index (Phi) is 3.89. The molecule has 2 rings (SSSR count). The largest absolute Gasteiger partial charge is 0.389 e. The van der Waals surface area contributed by atoms with Crippen molar-refractivity contribution in [1.29, 1.82) is 0 Å². The molecule has 3 N–H and O–H groups in total. The number of aromatic nitrogens is 1. The van der Waals surface area contributed by atoms with Gasteiger partial charge >= 0.3 is 0 Å². The number of benzene rings is 1. The van der Waals surface area contributed by atoms with E-state index in [1.54, 1.807) is 6.20 Å². The number of pyridine rings is 1. The van der Waals surface area contributed by atoms with E-state index in [0.717, 1.165) is 17.9 Å². The van der Waals surface area contributed by atoms with Crippen molar-refractivity contribution in [1.82, 2.24) is 4.98 Å². The zero-order valence-electron chi connectivity index (χ0n) is 10.2. The summed E-state index contributed by atoms with van der Waals surface area (Å²) in [6, 6.07) is 12.1. The van der Waals surface area contributed by atoms with Crippen LogP contribution in [-0.4, -0.2) is 9.97 Å². The summed E-state index contributed by atoms with van der Waals surface area (Å²) in [4.78, 5) is 4.63. The molecule has 18 heavy (non-hydrogen) atoms. The lowest BCUT2D eigenvalue weighted by Gasteiger charge is -2.07. The maximum Gasteiger partial charge on any atom is 0.126 e. The Balaban J connectivity index is 2.00. The number of nitrogens with zero attached hydrogens (tertiary/aromatic N) is 1. The molecule has 0 aliphatic heterocycles. The van der Waals surface area contributed by atoms with E-state index in [9.17, 15) is 0 Å². The molecule has 0 saturated heterocycles. The van der Waals surface area contributed by atoms with Crippen molar-refractivity contribution >= 4 is 23.0 Å². The molecular formula is C14H15N3S. The lowest BCUT2D eigenvalue weighted by Crippen LogP contribution is -2.10. The zero-order valence-corrected chi connectivity index (χ0v) is 11.0. The smallest absolute Gasteiger partial charge is 0.126 e. The highest BCUT2D eigenvalue weighted by molar-refractivity contribution is 7.80. The molecule has 1 aromatic heterocycles. The molecule has 4 heteroatoms. The second kappa shape index (κ2) is 5.60. The number of nitrogens with one attached hydrogen (secondary N) is 1. The lowest BCUT2D eigenvalue weighted by atomic mass is 10.1. The Bertz CT molecular complexity index is 549. The topological polar surface area (TPSA) is 50.9 Å². The van der Waals surface area contributed by atoms with E-state index in [1.165, 1.54) is 11.1 Å². The highest BCUT2D eigenvalue weighted by Crippen LogP contribution is 2.09. The van der Waals surface area contributed by atoms with Gasteiger partial charge in [0.15, 0.2) is 0 Å². The van der Waals surface area contributed by atoms with Crippen LogP contribution >= 0.6 is 12.2 Å². The summed E-state index contributed by atoms with van der Waals surface area (Å²) < 4.78 is 0. The van der Waals surface area contributed by atoms with E-state index < -0.39 is 0 Å². The monoisotopic (exact) mass is 257 g/mol. The first-order valence-corrected chi connectivity index (χ1v) is 6.11. The number of rotatable bonds is 4. The minimum absolute atomic E-state index is 0.368. The highest BCUT2D eigenvalue weighted by Gasteiger charge is 1.98. The van der Waals surface area contributed by atoms with Gasteiger partial charge in [-0.05, 0) is 24.6 Å². The number of aryl methyl sites for hydroxylation is 1. The van der Waals surface area contributed by atoms with E-state index in [2.05, 4.69) is 41.5 Å². The Labute approximate surface area is 112 Å². The van der Waals surface area contributed by atoms with Gasteiger partial charge in [-0.15, -0.1) is 0 Å². The van der Waals surface area contributed by atoms with Gasteiger partial charge in [-0.25, -0.2) is 4.98 Å². The highest BCUT2D eigenvalue weighted by atomic mass is 32.1. The van der Waals surface area contributed by atoms with Crippen LogP contribution in [0.15, 0.2) is 42.6 Å². The molecule has 0 bridgehead atoms. The Hall–Kier alpha value is -1.94. The van der Waals surface area contributed by atoms with Gasteiger partial charge in [0.25, 0.3) is 0 Å². The molecule has 2 aromatic rings.